The van der Waals surface area contributed by atoms with Crippen molar-refractivity contribution in [1.82, 2.24) is 14.8 Å². The van der Waals surface area contributed by atoms with Gasteiger partial charge in [-0.15, -0.1) is 0 Å². The summed E-state index contributed by atoms with van der Waals surface area (Å²) in [5.74, 6) is -2.10. The molecule has 12 nitrogen and oxygen atoms in total. The number of nitrogens with zero attached hydrogens (tertiary/aromatic N) is 2. The van der Waals surface area contributed by atoms with Gasteiger partial charge in [0.2, 0.25) is 5.43 Å². The molecule has 1 aromatic carbocycles. The van der Waals surface area contributed by atoms with Crippen LogP contribution in [-0.4, -0.2) is 71.9 Å². The zero-order chi connectivity index (χ0) is 34.4. The van der Waals surface area contributed by atoms with Crippen LogP contribution in [0.3, 0.4) is 0 Å². The van der Waals surface area contributed by atoms with E-state index in [0.29, 0.717) is 0 Å². The average Bonchev–Trinajstić information content (AvgIpc) is 2.96. The summed E-state index contributed by atoms with van der Waals surface area (Å²) in [6.45, 7) is 12.1. The quantitative estimate of drug-likeness (QED) is 0.278. The molecule has 0 fully saturated rings. The number of pyridine rings is 1. The average molecular weight is 666 g/mol. The molecule has 0 saturated heterocycles. The molecule has 46 heavy (non-hydrogen) atoms. The molecule has 2 heterocycles. The lowest BCUT2D eigenvalue weighted by Gasteiger charge is -2.45. The number of hydrogen-bond donors (Lipinski definition) is 1. The molecule has 1 aliphatic rings. The number of rotatable bonds is 13. The van der Waals surface area contributed by atoms with Crippen LogP contribution in [0.15, 0.2) is 35.3 Å². The molecule has 0 saturated carbocycles. The van der Waals surface area contributed by atoms with Crippen molar-refractivity contribution in [2.24, 2.45) is 5.41 Å². The van der Waals surface area contributed by atoms with Gasteiger partial charge in [-0.3, -0.25) is 18.9 Å². The third-order valence-electron chi connectivity index (χ3n) is 7.57. The van der Waals surface area contributed by atoms with Gasteiger partial charge in [0, 0.05) is 31.4 Å². The van der Waals surface area contributed by atoms with Gasteiger partial charge in [0.05, 0.1) is 37.9 Å². The van der Waals surface area contributed by atoms with Crippen LogP contribution in [0.5, 0.6) is 5.75 Å². The van der Waals surface area contributed by atoms with E-state index in [1.54, 1.807) is 54.5 Å². The number of aromatic nitrogens is 1. The van der Waals surface area contributed by atoms with Gasteiger partial charge in [0.1, 0.15) is 22.7 Å². The second-order valence-electron chi connectivity index (χ2n) is 12.4. The molecular weight excluding hydrogens is 620 g/mol. The van der Waals surface area contributed by atoms with Crippen molar-refractivity contribution in [3.8, 4) is 5.75 Å². The Labute approximate surface area is 269 Å². The molecule has 1 aromatic heterocycles. The fourth-order valence-corrected chi connectivity index (χ4v) is 6.98. The maximum Gasteiger partial charge on any atom is 0.410 e. The van der Waals surface area contributed by atoms with E-state index in [1.807, 2.05) is 0 Å². The van der Waals surface area contributed by atoms with E-state index < -0.39 is 53.7 Å². The van der Waals surface area contributed by atoms with Crippen LogP contribution in [0.4, 0.5) is 9.18 Å². The number of halogens is 1. The van der Waals surface area contributed by atoms with Crippen molar-refractivity contribution in [2.75, 3.05) is 33.0 Å². The zero-order valence-electron chi connectivity index (χ0n) is 27.8. The van der Waals surface area contributed by atoms with E-state index in [9.17, 15) is 28.1 Å². The molecule has 0 bridgehead atoms. The fraction of sp³-hybridized carbons (Fsp3) is 0.562. The molecule has 3 rings (SSSR count). The van der Waals surface area contributed by atoms with Crippen LogP contribution in [-0.2, 0) is 31.4 Å². The Hall–Kier alpha value is -3.54. The van der Waals surface area contributed by atoms with Crippen molar-refractivity contribution in [3.63, 3.8) is 0 Å². The highest BCUT2D eigenvalue weighted by Crippen LogP contribution is 2.48. The highest BCUT2D eigenvalue weighted by atomic mass is 31.2. The number of fused-ring (bicyclic) bond motifs is 1. The minimum absolute atomic E-state index is 0.00781. The number of Topliss-reactive ketones (excluding diaryl/α,β-unsaturated/α-hetero) is 1. The van der Waals surface area contributed by atoms with E-state index in [4.69, 9.17) is 18.5 Å². The van der Waals surface area contributed by atoms with E-state index in [1.165, 1.54) is 41.0 Å². The van der Waals surface area contributed by atoms with Crippen LogP contribution in [0, 0.1) is 11.2 Å². The maximum atomic E-state index is 14.2. The molecule has 1 atom stereocenters. The molecule has 0 spiro atoms. The van der Waals surface area contributed by atoms with Gasteiger partial charge in [0.15, 0.2) is 11.5 Å². The van der Waals surface area contributed by atoms with Gasteiger partial charge in [-0.25, -0.2) is 9.18 Å². The van der Waals surface area contributed by atoms with Crippen molar-refractivity contribution >= 4 is 25.4 Å². The number of methoxy groups -OCH3 is 1. The van der Waals surface area contributed by atoms with Crippen LogP contribution < -0.4 is 15.5 Å². The SMILES string of the molecule is CCOP(=O)(CCCN(C(=O)OC(C)(C)C)C1Cn2cc(C(=O)NCc3ccccc3F)c(=O)c(OC)c2C(=O)C1(C)C)OCC. The van der Waals surface area contributed by atoms with Gasteiger partial charge in [0.25, 0.3) is 5.91 Å². The van der Waals surface area contributed by atoms with Crippen molar-refractivity contribution in [2.45, 2.75) is 79.6 Å². The number of benzene rings is 1. The van der Waals surface area contributed by atoms with E-state index in [2.05, 4.69) is 5.32 Å². The Morgan fingerprint density at radius 3 is 2.33 bits per heavy atom. The summed E-state index contributed by atoms with van der Waals surface area (Å²) in [6.07, 6.45) is 0.794. The summed E-state index contributed by atoms with van der Waals surface area (Å²) in [7, 11) is -2.19. The lowest BCUT2D eigenvalue weighted by atomic mass is 9.75. The summed E-state index contributed by atoms with van der Waals surface area (Å²) in [6, 6.07) is 5.09. The highest BCUT2D eigenvalue weighted by molar-refractivity contribution is 7.53. The van der Waals surface area contributed by atoms with Gasteiger partial charge < -0.3 is 33.3 Å². The van der Waals surface area contributed by atoms with Gasteiger partial charge in [-0.2, -0.15) is 0 Å². The first-order valence-corrected chi connectivity index (χ1v) is 17.0. The van der Waals surface area contributed by atoms with Crippen molar-refractivity contribution < 1.29 is 41.9 Å². The highest BCUT2D eigenvalue weighted by Gasteiger charge is 2.49. The predicted octanol–water partition coefficient (Wildman–Crippen LogP) is 5.41. The summed E-state index contributed by atoms with van der Waals surface area (Å²) in [5.41, 5.74) is -3.03. The van der Waals surface area contributed by atoms with Crippen LogP contribution >= 0.6 is 7.60 Å². The zero-order valence-corrected chi connectivity index (χ0v) is 28.7. The topological polar surface area (TPSA) is 142 Å². The molecule has 0 aliphatic carbocycles. The summed E-state index contributed by atoms with van der Waals surface area (Å²) < 4.78 is 50.6. The largest absolute Gasteiger partial charge is 0.491 e. The molecule has 1 aliphatic heterocycles. The number of ether oxygens (including phenoxy) is 2. The normalized spacial score (nSPS) is 16.0. The summed E-state index contributed by atoms with van der Waals surface area (Å²) in [4.78, 5) is 55.8. The lowest BCUT2D eigenvalue weighted by molar-refractivity contribution is -0.00433. The second kappa shape index (κ2) is 14.9. The predicted molar refractivity (Wildman–Crippen MR) is 170 cm³/mol. The van der Waals surface area contributed by atoms with Gasteiger partial charge >= 0.3 is 13.7 Å². The minimum atomic E-state index is -3.42. The second-order valence-corrected chi connectivity index (χ2v) is 14.6. The molecule has 1 N–H and O–H groups in total. The molecule has 0 radical (unpaired) electrons. The third-order valence-corrected chi connectivity index (χ3v) is 9.74. The van der Waals surface area contributed by atoms with Crippen LogP contribution in [0.25, 0.3) is 0 Å². The molecule has 1 unspecified atom stereocenters. The van der Waals surface area contributed by atoms with Crippen LogP contribution in [0.2, 0.25) is 0 Å². The number of amides is 2. The van der Waals surface area contributed by atoms with E-state index >= 15 is 0 Å². The Balaban J connectivity index is 2.03. The Bertz CT molecular complexity index is 1540. The third kappa shape index (κ3) is 8.43. The maximum absolute atomic E-state index is 14.2. The first-order valence-electron chi connectivity index (χ1n) is 15.2. The Morgan fingerprint density at radius 1 is 1.13 bits per heavy atom. The number of ketones is 1. The standard InChI is InChI=1S/C32H45FN3O9P/c1-9-43-46(41,44-10-2)17-13-16-36(30(40)45-31(3,4)5)24-20-35-19-22(29(39)34-18-21-14-11-12-15-23(21)33)26(37)27(42-8)25(35)28(38)32(24,6)7/h11-12,14-15,19,24H,9-10,13,16-18,20H2,1-8H3,(H,34,39). The minimum Gasteiger partial charge on any atom is -0.491 e. The van der Waals surface area contributed by atoms with Crippen molar-refractivity contribution in [3.05, 3.63) is 63.3 Å². The number of nitrogens with one attached hydrogen (secondary N) is 1. The first kappa shape index (κ1) is 36.9. The number of carbonyl (C=O) groups excluding carboxylic acids is 3. The van der Waals surface area contributed by atoms with Crippen LogP contribution in [0.1, 0.15) is 81.3 Å². The molecular formula is C32H45FN3O9P. The summed E-state index contributed by atoms with van der Waals surface area (Å²) >= 11 is 0. The summed E-state index contributed by atoms with van der Waals surface area (Å²) in [5, 5.41) is 2.56. The smallest absolute Gasteiger partial charge is 0.410 e. The van der Waals surface area contributed by atoms with Gasteiger partial charge in [-0.1, -0.05) is 32.0 Å². The van der Waals surface area contributed by atoms with E-state index in [0.717, 1.165) is 0 Å². The van der Waals surface area contributed by atoms with Gasteiger partial charge in [-0.05, 0) is 47.1 Å². The number of hydrogen-bond acceptors (Lipinski definition) is 9. The van der Waals surface area contributed by atoms with Crippen molar-refractivity contribution in [1.29, 1.82) is 0 Å². The lowest BCUT2D eigenvalue weighted by Crippen LogP contribution is -2.58. The molecule has 14 heteroatoms. The monoisotopic (exact) mass is 665 g/mol. The molecule has 2 amide bonds. The Morgan fingerprint density at radius 2 is 1.76 bits per heavy atom. The molecule has 254 valence electrons. The van der Waals surface area contributed by atoms with E-state index in [-0.39, 0.29) is 68.0 Å². The first-order chi connectivity index (χ1) is 21.5. The molecule has 2 aromatic rings. The Kier molecular flexibility index (Phi) is 12.0. The fourth-order valence-electron chi connectivity index (χ4n) is 5.33. The number of carbonyl (C=O) groups is 3.